The predicted molar refractivity (Wildman–Crippen MR) is 105 cm³/mol. The first-order valence-electron chi connectivity index (χ1n) is 9.18. The van der Waals surface area contributed by atoms with Crippen LogP contribution >= 0.6 is 0 Å². The van der Waals surface area contributed by atoms with Crippen molar-refractivity contribution in [3.05, 3.63) is 43.0 Å². The number of nitrogens with zero attached hydrogens (tertiary/aromatic N) is 5. The van der Waals surface area contributed by atoms with E-state index < -0.39 is 0 Å². The van der Waals surface area contributed by atoms with Gasteiger partial charge in [-0.05, 0) is 19.1 Å². The molecular formula is C19H28N6O. The molecule has 140 valence electrons. The zero-order valence-corrected chi connectivity index (χ0v) is 15.6. The van der Waals surface area contributed by atoms with E-state index in [-0.39, 0.29) is 0 Å². The third-order valence-corrected chi connectivity index (χ3v) is 4.52. The lowest BCUT2D eigenvalue weighted by atomic mass is 10.2. The second-order valence-electron chi connectivity index (χ2n) is 6.18. The van der Waals surface area contributed by atoms with Crippen LogP contribution in [0.1, 0.15) is 6.92 Å². The Balaban J connectivity index is 1.58. The molecule has 0 atom stereocenters. The van der Waals surface area contributed by atoms with Gasteiger partial charge >= 0.3 is 0 Å². The Morgan fingerprint density at radius 2 is 2.04 bits per heavy atom. The Kier molecular flexibility index (Phi) is 6.35. The normalized spacial score (nSPS) is 15.2. The lowest BCUT2D eigenvalue weighted by Gasteiger charge is -2.38. The second kappa shape index (κ2) is 9.12. The summed E-state index contributed by atoms with van der Waals surface area (Å²) in [5.74, 6) is 1.93. The zero-order valence-electron chi connectivity index (χ0n) is 15.6. The fourth-order valence-corrected chi connectivity index (χ4v) is 3.17. The number of imidazole rings is 1. The van der Waals surface area contributed by atoms with Gasteiger partial charge in [-0.25, -0.2) is 4.98 Å². The number of anilines is 1. The summed E-state index contributed by atoms with van der Waals surface area (Å²) in [5, 5.41) is 3.42. The molecule has 1 aromatic carbocycles. The minimum Gasteiger partial charge on any atom is -0.495 e. The van der Waals surface area contributed by atoms with Gasteiger partial charge in [0.2, 0.25) is 0 Å². The largest absolute Gasteiger partial charge is 0.495 e. The van der Waals surface area contributed by atoms with Crippen molar-refractivity contribution in [1.82, 2.24) is 19.8 Å². The van der Waals surface area contributed by atoms with E-state index in [4.69, 9.17) is 9.73 Å². The maximum absolute atomic E-state index is 5.50. The van der Waals surface area contributed by atoms with Crippen molar-refractivity contribution >= 4 is 11.6 Å². The topological polar surface area (TPSA) is 57.9 Å². The highest BCUT2D eigenvalue weighted by atomic mass is 16.5. The summed E-state index contributed by atoms with van der Waals surface area (Å²) >= 11 is 0. The van der Waals surface area contributed by atoms with E-state index in [2.05, 4.69) is 39.2 Å². The van der Waals surface area contributed by atoms with E-state index in [1.165, 1.54) is 0 Å². The van der Waals surface area contributed by atoms with Gasteiger partial charge in [-0.15, -0.1) is 0 Å². The number of rotatable bonds is 6. The average molecular weight is 356 g/mol. The lowest BCUT2D eigenvalue weighted by Crippen LogP contribution is -2.52. The Morgan fingerprint density at radius 3 is 2.73 bits per heavy atom. The number of piperazine rings is 1. The van der Waals surface area contributed by atoms with Crippen LogP contribution in [-0.2, 0) is 6.54 Å². The van der Waals surface area contributed by atoms with Gasteiger partial charge in [-0.3, -0.25) is 4.99 Å². The molecule has 0 saturated carbocycles. The fourth-order valence-electron chi connectivity index (χ4n) is 3.17. The average Bonchev–Trinajstić information content (AvgIpc) is 3.21. The summed E-state index contributed by atoms with van der Waals surface area (Å²) in [6.45, 7) is 8.34. The lowest BCUT2D eigenvalue weighted by molar-refractivity contribution is 0.367. The van der Waals surface area contributed by atoms with Gasteiger partial charge in [0.05, 0.1) is 25.7 Å². The summed E-state index contributed by atoms with van der Waals surface area (Å²) in [6.07, 6.45) is 5.59. The summed E-state index contributed by atoms with van der Waals surface area (Å²) < 4.78 is 7.55. The molecule has 26 heavy (non-hydrogen) atoms. The van der Waals surface area contributed by atoms with E-state index in [1.54, 1.807) is 13.3 Å². The minimum absolute atomic E-state index is 0.741. The van der Waals surface area contributed by atoms with Gasteiger partial charge in [-0.2, -0.15) is 0 Å². The van der Waals surface area contributed by atoms with Gasteiger partial charge in [0.25, 0.3) is 0 Å². The summed E-state index contributed by atoms with van der Waals surface area (Å²) in [5.41, 5.74) is 1.16. The van der Waals surface area contributed by atoms with Crippen LogP contribution in [0.3, 0.4) is 0 Å². The zero-order chi connectivity index (χ0) is 18.2. The molecular weight excluding hydrogens is 328 g/mol. The molecule has 1 aromatic heterocycles. The summed E-state index contributed by atoms with van der Waals surface area (Å²) in [6, 6.07) is 8.21. The van der Waals surface area contributed by atoms with Gasteiger partial charge in [0.1, 0.15) is 5.75 Å². The number of benzene rings is 1. The van der Waals surface area contributed by atoms with E-state index in [9.17, 15) is 0 Å². The number of hydrogen-bond donors (Lipinski definition) is 1. The van der Waals surface area contributed by atoms with Crippen molar-refractivity contribution in [2.75, 3.05) is 51.3 Å². The quantitative estimate of drug-likeness (QED) is 0.630. The Bertz CT molecular complexity index is 692. The van der Waals surface area contributed by atoms with Crippen molar-refractivity contribution in [3.8, 4) is 5.75 Å². The monoisotopic (exact) mass is 356 g/mol. The number of aliphatic imine (C=N–C) groups is 1. The SMILES string of the molecule is CCNC(=NCCn1ccnc1)N1CCN(c2ccccc2OC)CC1. The van der Waals surface area contributed by atoms with E-state index in [0.717, 1.165) is 63.2 Å². The number of hydrogen-bond acceptors (Lipinski definition) is 4. The van der Waals surface area contributed by atoms with Crippen LogP contribution in [0.5, 0.6) is 5.75 Å². The molecule has 1 N–H and O–H groups in total. The van der Waals surface area contributed by atoms with Crippen molar-refractivity contribution in [3.63, 3.8) is 0 Å². The van der Waals surface area contributed by atoms with E-state index in [1.807, 2.05) is 29.2 Å². The molecule has 2 aromatic rings. The number of methoxy groups -OCH3 is 1. The summed E-state index contributed by atoms with van der Waals surface area (Å²) in [7, 11) is 1.73. The maximum Gasteiger partial charge on any atom is 0.194 e. The highest BCUT2D eigenvalue weighted by molar-refractivity contribution is 5.80. The highest BCUT2D eigenvalue weighted by Crippen LogP contribution is 2.28. The predicted octanol–water partition coefficient (Wildman–Crippen LogP) is 1.68. The maximum atomic E-state index is 5.50. The van der Waals surface area contributed by atoms with Crippen LogP contribution in [0, 0.1) is 0 Å². The number of aromatic nitrogens is 2. The molecule has 2 heterocycles. The number of ether oxygens (including phenoxy) is 1. The molecule has 1 fully saturated rings. The second-order valence-corrected chi connectivity index (χ2v) is 6.18. The first kappa shape index (κ1) is 18.1. The molecule has 0 amide bonds. The Labute approximate surface area is 155 Å². The Morgan fingerprint density at radius 1 is 1.23 bits per heavy atom. The minimum atomic E-state index is 0.741. The first-order valence-corrected chi connectivity index (χ1v) is 9.18. The number of para-hydroxylation sites is 2. The van der Waals surface area contributed by atoms with Gasteiger partial charge in [-0.1, -0.05) is 12.1 Å². The van der Waals surface area contributed by atoms with Crippen LogP contribution in [0.25, 0.3) is 0 Å². The molecule has 1 aliphatic rings. The van der Waals surface area contributed by atoms with Gasteiger partial charge in [0, 0.05) is 51.7 Å². The highest BCUT2D eigenvalue weighted by Gasteiger charge is 2.21. The van der Waals surface area contributed by atoms with Gasteiger partial charge in [0.15, 0.2) is 5.96 Å². The molecule has 0 unspecified atom stereocenters. The molecule has 0 bridgehead atoms. The molecule has 0 aliphatic carbocycles. The molecule has 1 saturated heterocycles. The summed E-state index contributed by atoms with van der Waals surface area (Å²) in [4.78, 5) is 13.6. The van der Waals surface area contributed by atoms with Crippen molar-refractivity contribution in [1.29, 1.82) is 0 Å². The van der Waals surface area contributed by atoms with Crippen LogP contribution in [-0.4, -0.2) is 66.8 Å². The van der Waals surface area contributed by atoms with Crippen LogP contribution in [0.4, 0.5) is 5.69 Å². The third kappa shape index (κ3) is 4.47. The van der Waals surface area contributed by atoms with E-state index >= 15 is 0 Å². The van der Waals surface area contributed by atoms with Crippen molar-refractivity contribution < 1.29 is 4.74 Å². The van der Waals surface area contributed by atoms with Crippen LogP contribution in [0.2, 0.25) is 0 Å². The smallest absolute Gasteiger partial charge is 0.194 e. The van der Waals surface area contributed by atoms with Gasteiger partial charge < -0.3 is 24.4 Å². The molecule has 0 radical (unpaired) electrons. The molecule has 0 spiro atoms. The van der Waals surface area contributed by atoms with Crippen molar-refractivity contribution in [2.24, 2.45) is 4.99 Å². The van der Waals surface area contributed by atoms with E-state index in [0.29, 0.717) is 0 Å². The Hall–Kier alpha value is -2.70. The molecule has 7 nitrogen and oxygen atoms in total. The number of guanidine groups is 1. The van der Waals surface area contributed by atoms with Crippen LogP contribution in [0.15, 0.2) is 48.0 Å². The molecule has 3 rings (SSSR count). The first-order chi connectivity index (χ1) is 12.8. The number of nitrogens with one attached hydrogen (secondary N) is 1. The molecule has 7 heteroatoms. The third-order valence-electron chi connectivity index (χ3n) is 4.52. The molecule has 1 aliphatic heterocycles. The van der Waals surface area contributed by atoms with Crippen molar-refractivity contribution in [2.45, 2.75) is 13.5 Å². The van der Waals surface area contributed by atoms with Crippen LogP contribution < -0.4 is 15.0 Å². The fraction of sp³-hybridized carbons (Fsp3) is 0.474. The standard InChI is InChI=1S/C19H28N6O/c1-3-21-19(22-9-11-23-10-8-20-16-23)25-14-12-24(13-15-25)17-6-4-5-7-18(17)26-2/h4-8,10,16H,3,9,11-15H2,1-2H3,(H,21,22).